The van der Waals surface area contributed by atoms with Crippen LogP contribution in [-0.4, -0.2) is 25.8 Å². The topological polar surface area (TPSA) is 21.3 Å². The third-order valence-electron chi connectivity index (χ3n) is 5.27. The van der Waals surface area contributed by atoms with Crippen LogP contribution in [0.25, 0.3) is 0 Å². The Labute approximate surface area is 115 Å². The van der Waals surface area contributed by atoms with Gasteiger partial charge in [-0.3, -0.25) is 0 Å². The second-order valence-electron chi connectivity index (χ2n) is 6.38. The lowest BCUT2D eigenvalue weighted by Crippen LogP contribution is -2.28. The molecule has 2 heteroatoms. The molecule has 0 bridgehead atoms. The zero-order chi connectivity index (χ0) is 12.7. The number of rotatable bonds is 4. The minimum absolute atomic E-state index is 0.480. The summed E-state index contributed by atoms with van der Waals surface area (Å²) < 4.78 is 5.67. The molecule has 0 amide bonds. The Hall–Kier alpha value is -0.860. The highest BCUT2D eigenvalue weighted by atomic mass is 16.5. The second-order valence-corrected chi connectivity index (χ2v) is 6.38. The Balaban J connectivity index is 1.33. The first-order chi connectivity index (χ1) is 9.43. The fraction of sp³-hybridized carbons (Fsp3) is 0.647. The molecule has 0 radical (unpaired) electrons. The van der Waals surface area contributed by atoms with Gasteiger partial charge in [-0.05, 0) is 61.1 Å². The van der Waals surface area contributed by atoms with Crippen LogP contribution >= 0.6 is 0 Å². The predicted octanol–water partition coefficient (Wildman–Crippen LogP) is 2.73. The van der Waals surface area contributed by atoms with Gasteiger partial charge in [-0.25, -0.2) is 0 Å². The van der Waals surface area contributed by atoms with Crippen molar-refractivity contribution in [2.45, 2.75) is 37.7 Å². The molecule has 2 fully saturated rings. The van der Waals surface area contributed by atoms with Crippen molar-refractivity contribution in [2.24, 2.45) is 11.8 Å². The Morgan fingerprint density at radius 1 is 1.16 bits per heavy atom. The Bertz CT molecular complexity index is 452. The summed E-state index contributed by atoms with van der Waals surface area (Å²) in [5.41, 5.74) is 3.24. The van der Waals surface area contributed by atoms with E-state index in [1.165, 1.54) is 32.2 Å². The molecule has 1 aromatic rings. The van der Waals surface area contributed by atoms with Crippen LogP contribution in [0.4, 0.5) is 0 Å². The van der Waals surface area contributed by atoms with Crippen molar-refractivity contribution < 1.29 is 4.74 Å². The van der Waals surface area contributed by atoms with Crippen LogP contribution in [-0.2, 0) is 11.2 Å². The van der Waals surface area contributed by atoms with Crippen LogP contribution in [0.1, 0.15) is 36.3 Å². The highest BCUT2D eigenvalue weighted by Gasteiger charge is 2.52. The monoisotopic (exact) mass is 257 g/mol. The molecule has 1 N–H and O–H groups in total. The predicted molar refractivity (Wildman–Crippen MR) is 76.3 cm³/mol. The molecule has 19 heavy (non-hydrogen) atoms. The first-order valence-electron chi connectivity index (χ1n) is 7.83. The Kier molecular flexibility index (Phi) is 3.08. The van der Waals surface area contributed by atoms with Crippen molar-refractivity contribution >= 4 is 0 Å². The van der Waals surface area contributed by atoms with Crippen molar-refractivity contribution in [1.29, 1.82) is 0 Å². The lowest BCUT2D eigenvalue weighted by atomic mass is 9.92. The zero-order valence-corrected chi connectivity index (χ0v) is 11.5. The van der Waals surface area contributed by atoms with Gasteiger partial charge in [0.2, 0.25) is 0 Å². The lowest BCUT2D eigenvalue weighted by molar-refractivity contribution is 0.110. The molecule has 102 valence electrons. The van der Waals surface area contributed by atoms with Gasteiger partial charge in [-0.1, -0.05) is 24.3 Å². The molecule has 4 unspecified atom stereocenters. The van der Waals surface area contributed by atoms with E-state index < -0.39 is 0 Å². The van der Waals surface area contributed by atoms with E-state index in [1.54, 1.807) is 11.1 Å². The fourth-order valence-corrected chi connectivity index (χ4v) is 4.20. The summed E-state index contributed by atoms with van der Waals surface area (Å²) in [4.78, 5) is 0. The van der Waals surface area contributed by atoms with Gasteiger partial charge in [-0.15, -0.1) is 0 Å². The molecule has 4 rings (SSSR count). The number of ether oxygens (including phenoxy) is 1. The van der Waals surface area contributed by atoms with E-state index in [2.05, 4.69) is 29.6 Å². The third kappa shape index (κ3) is 2.21. The van der Waals surface area contributed by atoms with E-state index in [4.69, 9.17) is 4.74 Å². The average molecular weight is 257 g/mol. The van der Waals surface area contributed by atoms with Gasteiger partial charge in [0.15, 0.2) is 0 Å². The van der Waals surface area contributed by atoms with E-state index in [9.17, 15) is 0 Å². The van der Waals surface area contributed by atoms with Crippen LogP contribution in [0.5, 0.6) is 0 Å². The molecule has 0 aromatic heterocycles. The van der Waals surface area contributed by atoms with E-state index in [0.717, 1.165) is 30.9 Å². The minimum atomic E-state index is 0.480. The number of hydrogen-bond donors (Lipinski definition) is 1. The molecule has 1 heterocycles. The molecule has 2 nitrogen and oxygen atoms in total. The molecule has 0 spiro atoms. The Morgan fingerprint density at radius 3 is 3.00 bits per heavy atom. The first kappa shape index (κ1) is 11.9. The molecular formula is C17H23NO. The number of hydrogen-bond acceptors (Lipinski definition) is 2. The first-order valence-corrected chi connectivity index (χ1v) is 7.83. The summed E-state index contributed by atoms with van der Waals surface area (Å²) in [7, 11) is 0. The highest BCUT2D eigenvalue weighted by Crippen LogP contribution is 2.59. The van der Waals surface area contributed by atoms with Gasteiger partial charge in [0.05, 0.1) is 6.10 Å². The SMILES string of the molecule is c1ccc2c(c1)CCC1C(CNCC3CCCO3)C21. The largest absolute Gasteiger partial charge is 0.377 e. The van der Waals surface area contributed by atoms with Crippen LogP contribution < -0.4 is 5.32 Å². The van der Waals surface area contributed by atoms with Crippen LogP contribution in [0.2, 0.25) is 0 Å². The van der Waals surface area contributed by atoms with E-state index in [-0.39, 0.29) is 0 Å². The van der Waals surface area contributed by atoms with E-state index in [0.29, 0.717) is 6.10 Å². The quantitative estimate of drug-likeness (QED) is 0.895. The highest BCUT2D eigenvalue weighted by molar-refractivity contribution is 5.39. The van der Waals surface area contributed by atoms with Crippen molar-refractivity contribution in [3.05, 3.63) is 35.4 Å². The summed E-state index contributed by atoms with van der Waals surface area (Å²) >= 11 is 0. The van der Waals surface area contributed by atoms with Crippen molar-refractivity contribution in [2.75, 3.05) is 19.7 Å². The average Bonchev–Trinajstić information content (AvgIpc) is 2.91. The summed E-state index contributed by atoms with van der Waals surface area (Å²) in [5.74, 6) is 2.68. The van der Waals surface area contributed by atoms with Gasteiger partial charge < -0.3 is 10.1 Å². The maximum absolute atomic E-state index is 5.67. The van der Waals surface area contributed by atoms with Crippen molar-refractivity contribution in [3.8, 4) is 0 Å². The molecule has 3 aliphatic rings. The van der Waals surface area contributed by atoms with Gasteiger partial charge in [-0.2, -0.15) is 0 Å². The molecule has 1 aliphatic heterocycles. The standard InChI is InChI=1S/C17H23NO/c1-2-6-14-12(4-1)7-8-15-16(17(14)15)11-18-10-13-5-3-9-19-13/h1-2,4,6,13,15-18H,3,5,7-11H2. The van der Waals surface area contributed by atoms with Gasteiger partial charge in [0.25, 0.3) is 0 Å². The van der Waals surface area contributed by atoms with E-state index >= 15 is 0 Å². The molecular weight excluding hydrogens is 234 g/mol. The van der Waals surface area contributed by atoms with Crippen molar-refractivity contribution in [3.63, 3.8) is 0 Å². The van der Waals surface area contributed by atoms with Gasteiger partial charge in [0, 0.05) is 13.2 Å². The lowest BCUT2D eigenvalue weighted by Gasteiger charge is -2.13. The van der Waals surface area contributed by atoms with Crippen LogP contribution in [0.15, 0.2) is 24.3 Å². The summed E-state index contributed by atoms with van der Waals surface area (Å²) in [6.45, 7) is 3.20. The number of aryl methyl sites for hydroxylation is 1. The van der Waals surface area contributed by atoms with Crippen LogP contribution in [0.3, 0.4) is 0 Å². The molecule has 1 saturated heterocycles. The molecule has 4 atom stereocenters. The smallest absolute Gasteiger partial charge is 0.0700 e. The number of nitrogens with one attached hydrogen (secondary N) is 1. The molecule has 1 aromatic carbocycles. The van der Waals surface area contributed by atoms with Gasteiger partial charge in [0.1, 0.15) is 0 Å². The Morgan fingerprint density at radius 2 is 2.11 bits per heavy atom. The third-order valence-corrected chi connectivity index (χ3v) is 5.27. The fourth-order valence-electron chi connectivity index (χ4n) is 4.20. The number of fused-ring (bicyclic) bond motifs is 3. The molecule has 2 aliphatic carbocycles. The summed E-state index contributed by atoms with van der Waals surface area (Å²) in [5, 5.41) is 3.65. The van der Waals surface area contributed by atoms with Gasteiger partial charge >= 0.3 is 0 Å². The maximum Gasteiger partial charge on any atom is 0.0700 e. The van der Waals surface area contributed by atoms with Crippen LogP contribution in [0, 0.1) is 11.8 Å². The second kappa shape index (κ2) is 4.92. The number of benzene rings is 1. The van der Waals surface area contributed by atoms with E-state index in [1.807, 2.05) is 0 Å². The minimum Gasteiger partial charge on any atom is -0.377 e. The summed E-state index contributed by atoms with van der Waals surface area (Å²) in [6.07, 6.45) is 5.66. The van der Waals surface area contributed by atoms with Crippen molar-refractivity contribution in [1.82, 2.24) is 5.32 Å². The summed E-state index contributed by atoms with van der Waals surface area (Å²) in [6, 6.07) is 9.07. The zero-order valence-electron chi connectivity index (χ0n) is 11.5. The normalized spacial score (nSPS) is 35.8. The maximum atomic E-state index is 5.67. The molecule has 1 saturated carbocycles.